The summed E-state index contributed by atoms with van der Waals surface area (Å²) in [6, 6.07) is 8.83. The SMILES string of the molecule is C=CCN1Cc2ccccc2C2(CCN(c3ncc(F)cn3)CC2)C1. The summed E-state index contributed by atoms with van der Waals surface area (Å²) >= 11 is 0. The molecule has 1 spiro atoms. The third-order valence-electron chi connectivity index (χ3n) is 5.51. The number of aromatic nitrogens is 2. The van der Waals surface area contributed by atoms with Gasteiger partial charge in [-0.2, -0.15) is 0 Å². The van der Waals surface area contributed by atoms with Crippen LogP contribution in [0.3, 0.4) is 0 Å². The largest absolute Gasteiger partial charge is 0.341 e. The second-order valence-corrected chi connectivity index (χ2v) is 7.08. The van der Waals surface area contributed by atoms with Gasteiger partial charge in [0.2, 0.25) is 5.95 Å². The standard InChI is InChI=1S/C20H23FN4/c1-2-9-24-14-16-5-3-4-6-18(16)20(15-24)7-10-25(11-8-20)19-22-12-17(21)13-23-19/h2-6,12-13H,1,7-11,14-15H2. The molecule has 0 saturated carbocycles. The van der Waals surface area contributed by atoms with E-state index < -0.39 is 5.82 Å². The van der Waals surface area contributed by atoms with Crippen LogP contribution in [-0.2, 0) is 12.0 Å². The number of hydrogen-bond donors (Lipinski definition) is 0. The predicted molar refractivity (Wildman–Crippen MR) is 97.0 cm³/mol. The third kappa shape index (κ3) is 3.04. The zero-order valence-corrected chi connectivity index (χ0v) is 14.4. The summed E-state index contributed by atoms with van der Waals surface area (Å²) in [5.41, 5.74) is 3.10. The summed E-state index contributed by atoms with van der Waals surface area (Å²) < 4.78 is 13.1. The van der Waals surface area contributed by atoms with Gasteiger partial charge in [0.05, 0.1) is 12.4 Å². The number of piperidine rings is 1. The van der Waals surface area contributed by atoms with Crippen molar-refractivity contribution in [3.63, 3.8) is 0 Å². The van der Waals surface area contributed by atoms with Gasteiger partial charge in [0.25, 0.3) is 0 Å². The molecule has 1 aromatic carbocycles. The summed E-state index contributed by atoms with van der Waals surface area (Å²) in [4.78, 5) is 12.9. The van der Waals surface area contributed by atoms with Crippen molar-refractivity contribution in [1.29, 1.82) is 0 Å². The first-order valence-electron chi connectivity index (χ1n) is 8.84. The van der Waals surface area contributed by atoms with Gasteiger partial charge >= 0.3 is 0 Å². The molecule has 2 aromatic rings. The minimum atomic E-state index is -0.390. The number of benzene rings is 1. The maximum absolute atomic E-state index is 13.1. The molecule has 2 aliphatic heterocycles. The summed E-state index contributed by atoms with van der Waals surface area (Å²) in [5.74, 6) is 0.238. The molecule has 0 atom stereocenters. The van der Waals surface area contributed by atoms with Crippen molar-refractivity contribution in [2.45, 2.75) is 24.8 Å². The van der Waals surface area contributed by atoms with Gasteiger partial charge < -0.3 is 4.90 Å². The molecule has 1 aromatic heterocycles. The van der Waals surface area contributed by atoms with Crippen LogP contribution in [0.2, 0.25) is 0 Å². The Morgan fingerprint density at radius 1 is 1.16 bits per heavy atom. The monoisotopic (exact) mass is 338 g/mol. The van der Waals surface area contributed by atoms with Gasteiger partial charge in [-0.3, -0.25) is 4.90 Å². The predicted octanol–water partition coefficient (Wildman–Crippen LogP) is 3.16. The normalized spacial score (nSPS) is 19.6. The zero-order valence-electron chi connectivity index (χ0n) is 14.4. The lowest BCUT2D eigenvalue weighted by Gasteiger charge is -2.48. The summed E-state index contributed by atoms with van der Waals surface area (Å²) in [6.45, 7) is 8.66. The molecule has 3 heterocycles. The van der Waals surface area contributed by atoms with Gasteiger partial charge in [-0.1, -0.05) is 30.3 Å². The van der Waals surface area contributed by atoms with Gasteiger partial charge in [-0.25, -0.2) is 14.4 Å². The highest BCUT2D eigenvalue weighted by atomic mass is 19.1. The quantitative estimate of drug-likeness (QED) is 0.805. The fraction of sp³-hybridized carbons (Fsp3) is 0.400. The molecule has 0 amide bonds. The van der Waals surface area contributed by atoms with E-state index in [1.807, 2.05) is 6.08 Å². The number of rotatable bonds is 3. The van der Waals surface area contributed by atoms with Gasteiger partial charge in [-0.05, 0) is 24.0 Å². The topological polar surface area (TPSA) is 32.3 Å². The van der Waals surface area contributed by atoms with Crippen LogP contribution in [0.15, 0.2) is 49.3 Å². The van der Waals surface area contributed by atoms with E-state index in [1.54, 1.807) is 0 Å². The lowest BCUT2D eigenvalue weighted by atomic mass is 9.69. The Kier molecular flexibility index (Phi) is 4.25. The molecule has 0 N–H and O–H groups in total. The summed E-state index contributed by atoms with van der Waals surface area (Å²) in [5, 5.41) is 0. The first-order valence-corrected chi connectivity index (χ1v) is 8.84. The highest BCUT2D eigenvalue weighted by Crippen LogP contribution is 2.42. The number of hydrogen-bond acceptors (Lipinski definition) is 4. The van der Waals surface area contributed by atoms with Gasteiger partial charge in [0, 0.05) is 38.1 Å². The molecular weight excluding hydrogens is 315 g/mol. The molecule has 1 saturated heterocycles. The Labute approximate surface area is 148 Å². The molecule has 2 aliphatic rings. The fourth-order valence-electron chi connectivity index (χ4n) is 4.33. The van der Waals surface area contributed by atoms with Crippen molar-refractivity contribution >= 4 is 5.95 Å². The molecule has 25 heavy (non-hydrogen) atoms. The van der Waals surface area contributed by atoms with E-state index in [1.165, 1.54) is 23.5 Å². The third-order valence-corrected chi connectivity index (χ3v) is 5.51. The average Bonchev–Trinajstić information content (AvgIpc) is 2.64. The fourth-order valence-corrected chi connectivity index (χ4v) is 4.33. The van der Waals surface area contributed by atoms with Crippen molar-refractivity contribution in [3.8, 4) is 0 Å². The maximum atomic E-state index is 13.1. The first-order chi connectivity index (χ1) is 12.2. The van der Waals surface area contributed by atoms with Crippen LogP contribution >= 0.6 is 0 Å². The van der Waals surface area contributed by atoms with E-state index in [0.29, 0.717) is 5.95 Å². The van der Waals surface area contributed by atoms with Crippen LogP contribution in [0.4, 0.5) is 10.3 Å². The Morgan fingerprint density at radius 3 is 2.60 bits per heavy atom. The molecule has 130 valence electrons. The lowest BCUT2D eigenvalue weighted by molar-refractivity contribution is 0.165. The van der Waals surface area contributed by atoms with Gasteiger partial charge in [0.1, 0.15) is 0 Å². The molecule has 1 fully saturated rings. The van der Waals surface area contributed by atoms with Crippen LogP contribution in [0, 0.1) is 5.82 Å². The molecule has 5 heteroatoms. The number of anilines is 1. The molecule has 0 unspecified atom stereocenters. The molecule has 0 radical (unpaired) electrons. The molecule has 4 rings (SSSR count). The summed E-state index contributed by atoms with van der Waals surface area (Å²) in [6.07, 6.45) is 6.59. The second-order valence-electron chi connectivity index (χ2n) is 7.08. The van der Waals surface area contributed by atoms with E-state index in [4.69, 9.17) is 0 Å². The van der Waals surface area contributed by atoms with Crippen molar-refractivity contribution in [2.75, 3.05) is 31.1 Å². The van der Waals surface area contributed by atoms with E-state index >= 15 is 0 Å². The average molecular weight is 338 g/mol. The molecule has 0 aliphatic carbocycles. The van der Waals surface area contributed by atoms with E-state index in [2.05, 4.69) is 50.6 Å². The van der Waals surface area contributed by atoms with E-state index in [9.17, 15) is 4.39 Å². The Bertz CT molecular complexity index is 751. The highest BCUT2D eigenvalue weighted by molar-refractivity contribution is 5.40. The van der Waals surface area contributed by atoms with Crippen LogP contribution in [0.5, 0.6) is 0 Å². The summed E-state index contributed by atoms with van der Waals surface area (Å²) in [7, 11) is 0. The Hall–Kier alpha value is -2.27. The first kappa shape index (κ1) is 16.2. The lowest BCUT2D eigenvalue weighted by Crippen LogP contribution is -2.52. The number of halogens is 1. The van der Waals surface area contributed by atoms with E-state index in [-0.39, 0.29) is 5.41 Å². The van der Waals surface area contributed by atoms with Crippen LogP contribution in [0.1, 0.15) is 24.0 Å². The van der Waals surface area contributed by atoms with Crippen LogP contribution < -0.4 is 4.90 Å². The van der Waals surface area contributed by atoms with Crippen molar-refractivity contribution in [3.05, 3.63) is 66.3 Å². The van der Waals surface area contributed by atoms with Crippen molar-refractivity contribution in [1.82, 2.24) is 14.9 Å². The second kappa shape index (κ2) is 6.56. The minimum absolute atomic E-state index is 0.175. The molecular formula is C20H23FN4. The van der Waals surface area contributed by atoms with Gasteiger partial charge in [-0.15, -0.1) is 6.58 Å². The van der Waals surface area contributed by atoms with Crippen molar-refractivity contribution < 1.29 is 4.39 Å². The number of fused-ring (bicyclic) bond motifs is 2. The van der Waals surface area contributed by atoms with Crippen LogP contribution in [-0.4, -0.2) is 41.0 Å². The Balaban J connectivity index is 1.58. The smallest absolute Gasteiger partial charge is 0.225 e. The Morgan fingerprint density at radius 2 is 1.88 bits per heavy atom. The maximum Gasteiger partial charge on any atom is 0.225 e. The van der Waals surface area contributed by atoms with E-state index in [0.717, 1.165) is 45.6 Å². The minimum Gasteiger partial charge on any atom is -0.341 e. The van der Waals surface area contributed by atoms with Gasteiger partial charge in [0.15, 0.2) is 5.82 Å². The van der Waals surface area contributed by atoms with Crippen molar-refractivity contribution in [2.24, 2.45) is 0 Å². The zero-order chi connectivity index (χ0) is 17.3. The number of nitrogens with zero attached hydrogens (tertiary/aromatic N) is 4. The molecule has 0 bridgehead atoms. The highest BCUT2D eigenvalue weighted by Gasteiger charge is 2.41. The molecule has 4 nitrogen and oxygen atoms in total. The van der Waals surface area contributed by atoms with Crippen LogP contribution in [0.25, 0.3) is 0 Å².